The number of halogens is 1. The minimum Gasteiger partial charge on any atom is -0.369 e. The summed E-state index contributed by atoms with van der Waals surface area (Å²) in [6.07, 6.45) is 2.92. The third-order valence-electron chi connectivity index (χ3n) is 3.27. The minimum absolute atomic E-state index is 0.0503. The SMILES string of the molecule is O=C1Nc2c(Cl)cccc2NC12CCC2. The second-order valence-electron chi connectivity index (χ2n) is 4.18. The molecule has 0 unspecified atom stereocenters. The zero-order valence-electron chi connectivity index (χ0n) is 8.14. The number of fused-ring (bicyclic) bond motifs is 1. The number of hydrogen-bond acceptors (Lipinski definition) is 2. The summed E-state index contributed by atoms with van der Waals surface area (Å²) >= 11 is 6.01. The molecule has 1 heterocycles. The molecule has 1 aromatic carbocycles. The molecule has 0 atom stereocenters. The van der Waals surface area contributed by atoms with Crippen LogP contribution in [0.4, 0.5) is 11.4 Å². The molecule has 1 amide bonds. The van der Waals surface area contributed by atoms with Crippen molar-refractivity contribution in [2.45, 2.75) is 24.8 Å². The highest BCUT2D eigenvalue weighted by Gasteiger charge is 2.47. The Kier molecular flexibility index (Phi) is 1.74. The van der Waals surface area contributed by atoms with Crippen molar-refractivity contribution in [1.82, 2.24) is 0 Å². The van der Waals surface area contributed by atoms with Crippen LogP contribution in [0.3, 0.4) is 0 Å². The third-order valence-corrected chi connectivity index (χ3v) is 3.58. The number of amides is 1. The van der Waals surface area contributed by atoms with Gasteiger partial charge in [0.25, 0.3) is 0 Å². The molecule has 1 saturated carbocycles. The van der Waals surface area contributed by atoms with Gasteiger partial charge < -0.3 is 10.6 Å². The lowest BCUT2D eigenvalue weighted by Gasteiger charge is -2.45. The molecule has 3 rings (SSSR count). The lowest BCUT2D eigenvalue weighted by atomic mass is 9.74. The molecule has 1 aromatic rings. The maximum atomic E-state index is 11.9. The second kappa shape index (κ2) is 2.89. The first-order valence-electron chi connectivity index (χ1n) is 5.09. The Labute approximate surface area is 92.8 Å². The smallest absolute Gasteiger partial charge is 0.250 e. The Morgan fingerprint density at radius 1 is 1.33 bits per heavy atom. The molecular formula is C11H11ClN2O. The van der Waals surface area contributed by atoms with Crippen molar-refractivity contribution >= 4 is 28.9 Å². The van der Waals surface area contributed by atoms with Gasteiger partial charge in [0.1, 0.15) is 5.54 Å². The van der Waals surface area contributed by atoms with Crippen LogP contribution in [0.5, 0.6) is 0 Å². The van der Waals surface area contributed by atoms with Gasteiger partial charge >= 0.3 is 0 Å². The average Bonchev–Trinajstić information content (AvgIpc) is 2.16. The van der Waals surface area contributed by atoms with Gasteiger partial charge in [-0.1, -0.05) is 17.7 Å². The molecule has 3 nitrogen and oxygen atoms in total. The number of hydrogen-bond donors (Lipinski definition) is 2. The predicted molar refractivity (Wildman–Crippen MR) is 60.3 cm³/mol. The monoisotopic (exact) mass is 222 g/mol. The van der Waals surface area contributed by atoms with Gasteiger partial charge in [-0.2, -0.15) is 0 Å². The van der Waals surface area contributed by atoms with Crippen LogP contribution in [0.2, 0.25) is 5.02 Å². The Hall–Kier alpha value is -1.22. The molecular weight excluding hydrogens is 212 g/mol. The summed E-state index contributed by atoms with van der Waals surface area (Å²) in [5.74, 6) is 0.0503. The fourth-order valence-electron chi connectivity index (χ4n) is 2.19. The molecule has 15 heavy (non-hydrogen) atoms. The van der Waals surface area contributed by atoms with Gasteiger partial charge in [0, 0.05) is 0 Å². The molecule has 0 radical (unpaired) electrons. The lowest BCUT2D eigenvalue weighted by molar-refractivity contribution is -0.123. The average molecular weight is 223 g/mol. The fraction of sp³-hybridized carbons (Fsp3) is 0.364. The summed E-state index contributed by atoms with van der Waals surface area (Å²) in [6.45, 7) is 0. The molecule has 1 fully saturated rings. The third kappa shape index (κ3) is 1.16. The highest BCUT2D eigenvalue weighted by Crippen LogP contribution is 2.43. The molecule has 78 valence electrons. The normalized spacial score (nSPS) is 21.3. The highest BCUT2D eigenvalue weighted by molar-refractivity contribution is 6.35. The molecule has 1 aliphatic heterocycles. The van der Waals surface area contributed by atoms with Crippen molar-refractivity contribution in [3.63, 3.8) is 0 Å². The van der Waals surface area contributed by atoms with Crippen molar-refractivity contribution in [1.29, 1.82) is 0 Å². The molecule has 2 N–H and O–H groups in total. The highest BCUT2D eigenvalue weighted by atomic mass is 35.5. The first kappa shape index (κ1) is 9.04. The first-order chi connectivity index (χ1) is 7.21. The van der Waals surface area contributed by atoms with Crippen LogP contribution in [-0.4, -0.2) is 11.4 Å². The Bertz CT molecular complexity index is 440. The molecule has 2 aliphatic rings. The summed E-state index contributed by atoms with van der Waals surface area (Å²) in [5.41, 5.74) is 1.28. The van der Waals surface area contributed by atoms with Gasteiger partial charge in [-0.15, -0.1) is 0 Å². The van der Waals surface area contributed by atoms with Crippen molar-refractivity contribution in [2.24, 2.45) is 0 Å². The lowest BCUT2D eigenvalue weighted by Crippen LogP contribution is -2.57. The first-order valence-corrected chi connectivity index (χ1v) is 5.47. The number of nitrogens with one attached hydrogen (secondary N) is 2. The second-order valence-corrected chi connectivity index (χ2v) is 4.58. The van der Waals surface area contributed by atoms with E-state index < -0.39 is 0 Å². The van der Waals surface area contributed by atoms with E-state index in [1.807, 2.05) is 12.1 Å². The zero-order chi connectivity index (χ0) is 10.5. The van der Waals surface area contributed by atoms with E-state index >= 15 is 0 Å². The number of para-hydroxylation sites is 1. The number of carbonyl (C=O) groups excluding carboxylic acids is 1. The van der Waals surface area contributed by atoms with Gasteiger partial charge in [-0.05, 0) is 31.4 Å². The van der Waals surface area contributed by atoms with E-state index in [-0.39, 0.29) is 11.4 Å². The van der Waals surface area contributed by atoms with Gasteiger partial charge in [0.05, 0.1) is 16.4 Å². The van der Waals surface area contributed by atoms with Crippen molar-refractivity contribution < 1.29 is 4.79 Å². The van der Waals surface area contributed by atoms with Gasteiger partial charge in [-0.3, -0.25) is 4.79 Å². The summed E-state index contributed by atoms with van der Waals surface area (Å²) < 4.78 is 0. The molecule has 1 aliphatic carbocycles. The van der Waals surface area contributed by atoms with Gasteiger partial charge in [0.2, 0.25) is 5.91 Å². The van der Waals surface area contributed by atoms with Crippen molar-refractivity contribution in [3.05, 3.63) is 23.2 Å². The maximum absolute atomic E-state index is 11.9. The van der Waals surface area contributed by atoms with Gasteiger partial charge in [-0.25, -0.2) is 0 Å². The number of rotatable bonds is 0. The van der Waals surface area contributed by atoms with E-state index in [1.165, 1.54) is 0 Å². The van der Waals surface area contributed by atoms with Crippen LogP contribution in [0, 0.1) is 0 Å². The van der Waals surface area contributed by atoms with Crippen LogP contribution in [0.25, 0.3) is 0 Å². The largest absolute Gasteiger partial charge is 0.369 e. The standard InChI is InChI=1S/C11H11ClN2O/c12-7-3-1-4-8-9(7)13-10(15)11(14-8)5-2-6-11/h1,3-4,14H,2,5-6H2,(H,13,15). The van der Waals surface area contributed by atoms with Crippen LogP contribution in [0.1, 0.15) is 19.3 Å². The van der Waals surface area contributed by atoms with E-state index in [9.17, 15) is 4.79 Å². The minimum atomic E-state index is -0.363. The summed E-state index contributed by atoms with van der Waals surface area (Å²) in [7, 11) is 0. The zero-order valence-corrected chi connectivity index (χ0v) is 8.90. The summed E-state index contributed by atoms with van der Waals surface area (Å²) in [4.78, 5) is 11.9. The molecule has 0 aromatic heterocycles. The quantitative estimate of drug-likeness (QED) is 0.709. The van der Waals surface area contributed by atoms with E-state index in [2.05, 4.69) is 10.6 Å². The molecule has 0 saturated heterocycles. The fourth-order valence-corrected chi connectivity index (χ4v) is 2.41. The van der Waals surface area contributed by atoms with Crippen LogP contribution in [0.15, 0.2) is 18.2 Å². The number of carbonyl (C=O) groups is 1. The van der Waals surface area contributed by atoms with Crippen LogP contribution >= 0.6 is 11.6 Å². The van der Waals surface area contributed by atoms with E-state index in [0.717, 1.165) is 24.9 Å². The molecule has 4 heteroatoms. The summed E-state index contributed by atoms with van der Waals surface area (Å²) in [6, 6.07) is 5.61. The van der Waals surface area contributed by atoms with E-state index in [4.69, 9.17) is 11.6 Å². The van der Waals surface area contributed by atoms with Crippen molar-refractivity contribution in [3.8, 4) is 0 Å². The topological polar surface area (TPSA) is 41.1 Å². The Balaban J connectivity index is 2.06. The van der Waals surface area contributed by atoms with E-state index in [1.54, 1.807) is 6.07 Å². The Morgan fingerprint density at radius 3 is 2.80 bits per heavy atom. The predicted octanol–water partition coefficient (Wildman–Crippen LogP) is 2.63. The van der Waals surface area contributed by atoms with Crippen LogP contribution in [-0.2, 0) is 4.79 Å². The molecule has 0 bridgehead atoms. The molecule has 1 spiro atoms. The van der Waals surface area contributed by atoms with Crippen molar-refractivity contribution in [2.75, 3.05) is 10.6 Å². The van der Waals surface area contributed by atoms with Gasteiger partial charge in [0.15, 0.2) is 0 Å². The maximum Gasteiger partial charge on any atom is 0.250 e. The number of benzene rings is 1. The van der Waals surface area contributed by atoms with E-state index in [0.29, 0.717) is 10.7 Å². The summed E-state index contributed by atoms with van der Waals surface area (Å²) in [5, 5.41) is 6.78. The Morgan fingerprint density at radius 2 is 2.13 bits per heavy atom. The number of anilines is 2. The van der Waals surface area contributed by atoms with Crippen LogP contribution < -0.4 is 10.6 Å².